The summed E-state index contributed by atoms with van der Waals surface area (Å²) in [6.45, 7) is 3.25. The van der Waals surface area contributed by atoms with E-state index in [1.54, 1.807) is 0 Å². The van der Waals surface area contributed by atoms with Crippen LogP contribution in [0, 0.1) is 3.57 Å². The van der Waals surface area contributed by atoms with Gasteiger partial charge in [-0.05, 0) is 71.3 Å². The lowest BCUT2D eigenvalue weighted by atomic mass is 9.99. The minimum absolute atomic E-state index is 0.366. The fourth-order valence-corrected chi connectivity index (χ4v) is 3.01. The molecule has 20 heavy (non-hydrogen) atoms. The van der Waals surface area contributed by atoms with Gasteiger partial charge in [-0.15, -0.1) is 0 Å². The first-order chi connectivity index (χ1) is 9.70. The molecule has 0 fully saturated rings. The zero-order chi connectivity index (χ0) is 14.4. The van der Waals surface area contributed by atoms with E-state index < -0.39 is 0 Å². The first kappa shape index (κ1) is 16.0. The van der Waals surface area contributed by atoms with Gasteiger partial charge < -0.3 is 5.32 Å². The smallest absolute Gasteiger partial charge is 0.0361 e. The normalized spacial score (nSPS) is 12.3. The van der Waals surface area contributed by atoms with Crippen molar-refractivity contribution in [3.8, 4) is 0 Å². The zero-order valence-corrected chi connectivity index (χ0v) is 15.3. The van der Waals surface area contributed by atoms with E-state index >= 15 is 0 Å². The lowest BCUT2D eigenvalue weighted by Crippen LogP contribution is -2.24. The highest BCUT2D eigenvalue weighted by Gasteiger charge is 2.12. The molecule has 0 saturated carbocycles. The van der Waals surface area contributed by atoms with Crippen molar-refractivity contribution in [2.24, 2.45) is 0 Å². The van der Waals surface area contributed by atoms with Gasteiger partial charge in [0.25, 0.3) is 0 Å². The summed E-state index contributed by atoms with van der Waals surface area (Å²) in [6.07, 6.45) is 2.15. The van der Waals surface area contributed by atoms with E-state index in [1.165, 1.54) is 19.2 Å². The van der Waals surface area contributed by atoms with Crippen molar-refractivity contribution >= 4 is 38.5 Å². The third-order valence-corrected chi connectivity index (χ3v) is 4.79. The number of hydrogen-bond acceptors (Lipinski definition) is 1. The average Bonchev–Trinajstić information content (AvgIpc) is 2.46. The molecule has 0 saturated heterocycles. The highest BCUT2D eigenvalue weighted by atomic mass is 127. The number of nitrogens with one attached hydrogen (secondary N) is 1. The Balaban J connectivity index is 2.19. The largest absolute Gasteiger partial charge is 0.310 e. The van der Waals surface area contributed by atoms with Gasteiger partial charge in [-0.2, -0.15) is 0 Å². The van der Waals surface area contributed by atoms with Crippen LogP contribution in [-0.4, -0.2) is 6.54 Å². The Morgan fingerprint density at radius 2 is 1.80 bits per heavy atom. The average molecular weight is 444 g/mol. The molecule has 3 heteroatoms. The molecule has 2 rings (SSSR count). The van der Waals surface area contributed by atoms with Gasteiger partial charge in [-0.25, -0.2) is 0 Å². The summed E-state index contributed by atoms with van der Waals surface area (Å²) in [7, 11) is 0. The van der Waals surface area contributed by atoms with Gasteiger partial charge in [0.1, 0.15) is 0 Å². The molecular weight excluding hydrogens is 425 g/mol. The molecule has 0 bridgehead atoms. The van der Waals surface area contributed by atoms with Crippen LogP contribution in [0.2, 0.25) is 0 Å². The Labute approximate surface area is 143 Å². The van der Waals surface area contributed by atoms with Crippen LogP contribution in [0.1, 0.15) is 30.5 Å². The quantitative estimate of drug-likeness (QED) is 0.594. The van der Waals surface area contributed by atoms with Gasteiger partial charge in [-0.3, -0.25) is 0 Å². The van der Waals surface area contributed by atoms with Crippen LogP contribution in [-0.2, 0) is 6.42 Å². The molecule has 1 atom stereocenters. The molecule has 0 aliphatic rings. The number of rotatable bonds is 6. The summed E-state index contributed by atoms with van der Waals surface area (Å²) in [5.41, 5.74) is 2.70. The molecule has 1 unspecified atom stereocenters. The summed E-state index contributed by atoms with van der Waals surface area (Å²) in [5.74, 6) is 0. The molecule has 1 N–H and O–H groups in total. The Bertz CT molecular complexity index is 539. The second-order valence-corrected chi connectivity index (χ2v) is 6.95. The lowest BCUT2D eigenvalue weighted by Gasteiger charge is -2.20. The fourth-order valence-electron chi connectivity index (χ4n) is 2.21. The van der Waals surface area contributed by atoms with Crippen LogP contribution in [0.4, 0.5) is 0 Å². The minimum atomic E-state index is 0.366. The Morgan fingerprint density at radius 3 is 2.45 bits per heavy atom. The maximum Gasteiger partial charge on any atom is 0.0361 e. The summed E-state index contributed by atoms with van der Waals surface area (Å²) in [5, 5.41) is 3.66. The van der Waals surface area contributed by atoms with E-state index in [0.29, 0.717) is 6.04 Å². The molecule has 0 aromatic heterocycles. The maximum atomic E-state index is 3.66. The van der Waals surface area contributed by atoms with Gasteiger partial charge in [-0.1, -0.05) is 53.2 Å². The third-order valence-electron chi connectivity index (χ3n) is 3.29. The second-order valence-electron chi connectivity index (χ2n) is 4.85. The lowest BCUT2D eigenvalue weighted by molar-refractivity contribution is 0.528. The van der Waals surface area contributed by atoms with Crippen molar-refractivity contribution in [3.63, 3.8) is 0 Å². The topological polar surface area (TPSA) is 12.0 Å². The highest BCUT2D eigenvalue weighted by molar-refractivity contribution is 14.1. The summed E-state index contributed by atoms with van der Waals surface area (Å²) in [6, 6.07) is 17.6. The summed E-state index contributed by atoms with van der Waals surface area (Å²) >= 11 is 6.00. The van der Waals surface area contributed by atoms with Crippen molar-refractivity contribution in [1.82, 2.24) is 5.32 Å². The molecular formula is C17H19BrIN. The molecule has 0 radical (unpaired) electrons. The van der Waals surface area contributed by atoms with Crippen LogP contribution in [0.3, 0.4) is 0 Å². The molecule has 1 nitrogen and oxygen atoms in total. The Morgan fingerprint density at radius 1 is 1.10 bits per heavy atom. The fraction of sp³-hybridized carbons (Fsp3) is 0.294. The van der Waals surface area contributed by atoms with E-state index in [0.717, 1.165) is 19.4 Å². The molecule has 0 aliphatic heterocycles. The predicted octanol–water partition coefficient (Wildman–Crippen LogP) is 5.34. The standard InChI is InChI=1S/C17H19BrIN/c1-2-11-20-17(13-7-9-15(19)10-8-13)12-14-5-3-4-6-16(14)18/h3-10,17,20H,2,11-12H2,1H3. The van der Waals surface area contributed by atoms with Crippen LogP contribution in [0.15, 0.2) is 53.0 Å². The summed E-state index contributed by atoms with van der Waals surface area (Å²) < 4.78 is 2.47. The van der Waals surface area contributed by atoms with Crippen LogP contribution in [0.5, 0.6) is 0 Å². The van der Waals surface area contributed by atoms with E-state index in [1.807, 2.05) is 0 Å². The molecule has 0 spiro atoms. The SMILES string of the molecule is CCCNC(Cc1ccccc1Br)c1ccc(I)cc1. The van der Waals surface area contributed by atoms with Crippen LogP contribution >= 0.6 is 38.5 Å². The number of halogens is 2. The van der Waals surface area contributed by atoms with Crippen molar-refractivity contribution in [1.29, 1.82) is 0 Å². The first-order valence-corrected chi connectivity index (χ1v) is 8.80. The van der Waals surface area contributed by atoms with E-state index in [4.69, 9.17) is 0 Å². The molecule has 0 heterocycles. The monoisotopic (exact) mass is 443 g/mol. The van der Waals surface area contributed by atoms with E-state index in [-0.39, 0.29) is 0 Å². The van der Waals surface area contributed by atoms with Crippen molar-refractivity contribution in [3.05, 3.63) is 67.7 Å². The number of benzene rings is 2. The molecule has 0 aliphatic carbocycles. The molecule has 106 valence electrons. The van der Waals surface area contributed by atoms with Crippen molar-refractivity contribution < 1.29 is 0 Å². The van der Waals surface area contributed by atoms with E-state index in [2.05, 4.69) is 99.3 Å². The van der Waals surface area contributed by atoms with Crippen molar-refractivity contribution in [2.45, 2.75) is 25.8 Å². The maximum absolute atomic E-state index is 3.66. The van der Waals surface area contributed by atoms with E-state index in [9.17, 15) is 0 Å². The highest BCUT2D eigenvalue weighted by Crippen LogP contribution is 2.24. The van der Waals surface area contributed by atoms with Crippen LogP contribution in [0.25, 0.3) is 0 Å². The Kier molecular flexibility index (Phi) is 6.52. The zero-order valence-electron chi connectivity index (χ0n) is 11.6. The molecule has 0 amide bonds. The molecule has 2 aromatic rings. The first-order valence-electron chi connectivity index (χ1n) is 6.93. The molecule has 2 aromatic carbocycles. The number of hydrogen-bond donors (Lipinski definition) is 1. The van der Waals surface area contributed by atoms with Gasteiger partial charge >= 0.3 is 0 Å². The van der Waals surface area contributed by atoms with Gasteiger partial charge in [0.15, 0.2) is 0 Å². The van der Waals surface area contributed by atoms with Crippen LogP contribution < -0.4 is 5.32 Å². The van der Waals surface area contributed by atoms with Crippen molar-refractivity contribution in [2.75, 3.05) is 6.54 Å². The predicted molar refractivity (Wildman–Crippen MR) is 98.0 cm³/mol. The summed E-state index contributed by atoms with van der Waals surface area (Å²) in [4.78, 5) is 0. The Hall–Kier alpha value is -0.390. The third kappa shape index (κ3) is 4.57. The second kappa shape index (κ2) is 8.15. The van der Waals surface area contributed by atoms with Gasteiger partial charge in [0.05, 0.1) is 0 Å². The van der Waals surface area contributed by atoms with Gasteiger partial charge in [0.2, 0.25) is 0 Å². The minimum Gasteiger partial charge on any atom is -0.310 e. The van der Waals surface area contributed by atoms with Gasteiger partial charge in [0, 0.05) is 14.1 Å².